The Kier molecular flexibility index (Phi) is 2.48. The highest BCUT2D eigenvalue weighted by atomic mass is 16.1. The minimum absolute atomic E-state index is 0.422. The van der Waals surface area contributed by atoms with Gasteiger partial charge in [-0.1, -0.05) is 12.8 Å². The summed E-state index contributed by atoms with van der Waals surface area (Å²) in [6.45, 7) is 0. The Bertz CT molecular complexity index is 168. The number of hydrogen-bond acceptors (Lipinski definition) is 1. The smallest absolute Gasteiger partial charge is 0.136 e. The molecule has 0 N–H and O–H groups in total. The lowest BCUT2D eigenvalue weighted by Gasteiger charge is -2.25. The van der Waals surface area contributed by atoms with Gasteiger partial charge in [0.05, 0.1) is 0 Å². The van der Waals surface area contributed by atoms with Gasteiger partial charge in [-0.25, -0.2) is 0 Å². The fourth-order valence-corrected chi connectivity index (χ4v) is 2.64. The van der Waals surface area contributed by atoms with Gasteiger partial charge in [-0.05, 0) is 38.0 Å². The van der Waals surface area contributed by atoms with Crippen LogP contribution in [0.2, 0.25) is 0 Å². The number of hydrogen-bond donors (Lipinski definition) is 0. The minimum Gasteiger partial charge on any atom is -0.299 e. The molecule has 2 rings (SSSR count). The molecule has 0 aliphatic heterocycles. The van der Waals surface area contributed by atoms with Crippen LogP contribution in [0.4, 0.5) is 0 Å². The topological polar surface area (TPSA) is 17.1 Å². The first kappa shape index (κ1) is 8.28. The van der Waals surface area contributed by atoms with Crippen LogP contribution >= 0.6 is 0 Å². The monoisotopic (exact) mass is 165 g/mol. The van der Waals surface area contributed by atoms with E-state index in [2.05, 4.69) is 6.42 Å². The maximum absolute atomic E-state index is 11.5. The molecule has 0 bridgehead atoms. The molecule has 0 saturated heterocycles. The zero-order valence-electron chi connectivity index (χ0n) is 7.59. The van der Waals surface area contributed by atoms with Crippen molar-refractivity contribution < 1.29 is 4.79 Å². The van der Waals surface area contributed by atoms with Gasteiger partial charge >= 0.3 is 0 Å². The average molecular weight is 165 g/mol. The second-order valence-electron chi connectivity index (χ2n) is 4.15. The van der Waals surface area contributed by atoms with Crippen LogP contribution in [0.25, 0.3) is 0 Å². The van der Waals surface area contributed by atoms with E-state index in [-0.39, 0.29) is 0 Å². The molecule has 2 aliphatic carbocycles. The quantitative estimate of drug-likeness (QED) is 0.584. The highest BCUT2D eigenvalue weighted by Crippen LogP contribution is 2.36. The molecule has 67 valence electrons. The van der Waals surface area contributed by atoms with Gasteiger partial charge in [-0.15, -0.1) is 0 Å². The lowest BCUT2D eigenvalue weighted by Crippen LogP contribution is -2.21. The summed E-state index contributed by atoms with van der Waals surface area (Å²) >= 11 is 0. The molecule has 2 aliphatic rings. The first-order chi connectivity index (χ1) is 5.88. The Morgan fingerprint density at radius 3 is 2.67 bits per heavy atom. The van der Waals surface area contributed by atoms with Gasteiger partial charge in [-0.2, -0.15) is 0 Å². The molecule has 2 unspecified atom stereocenters. The average Bonchev–Trinajstić information content (AvgIpc) is 2.53. The normalized spacial score (nSPS) is 32.7. The minimum atomic E-state index is 0.422. The summed E-state index contributed by atoms with van der Waals surface area (Å²) in [5, 5.41) is 0. The lowest BCUT2D eigenvalue weighted by atomic mass is 9.79. The van der Waals surface area contributed by atoms with Gasteiger partial charge < -0.3 is 0 Å². The number of carbonyl (C=O) groups excluding carboxylic acids is 1. The van der Waals surface area contributed by atoms with Crippen molar-refractivity contribution in [1.29, 1.82) is 0 Å². The molecule has 2 saturated carbocycles. The van der Waals surface area contributed by atoms with E-state index in [1.807, 2.05) is 0 Å². The van der Waals surface area contributed by atoms with Crippen LogP contribution in [0.1, 0.15) is 44.9 Å². The summed E-state index contributed by atoms with van der Waals surface area (Å²) in [6.07, 6.45) is 10.8. The molecule has 0 aromatic carbocycles. The first-order valence-electron chi connectivity index (χ1n) is 5.24. The summed E-state index contributed by atoms with van der Waals surface area (Å²) in [5.74, 6) is 1.61. The molecule has 0 aromatic heterocycles. The third kappa shape index (κ3) is 1.55. The van der Waals surface area contributed by atoms with Gasteiger partial charge in [0.1, 0.15) is 5.78 Å². The van der Waals surface area contributed by atoms with Crippen molar-refractivity contribution in [2.24, 2.45) is 11.8 Å². The van der Waals surface area contributed by atoms with E-state index in [9.17, 15) is 4.79 Å². The second kappa shape index (κ2) is 3.59. The van der Waals surface area contributed by atoms with Gasteiger partial charge in [0.15, 0.2) is 0 Å². The number of rotatable bonds is 1. The van der Waals surface area contributed by atoms with Crippen LogP contribution in [0.5, 0.6) is 0 Å². The van der Waals surface area contributed by atoms with Crippen molar-refractivity contribution in [2.75, 3.05) is 0 Å². The summed E-state index contributed by atoms with van der Waals surface area (Å²) in [7, 11) is 0. The Hall–Kier alpha value is -0.330. The van der Waals surface area contributed by atoms with Crippen LogP contribution in [0, 0.1) is 18.3 Å². The van der Waals surface area contributed by atoms with Crippen molar-refractivity contribution in [2.45, 2.75) is 44.9 Å². The van der Waals surface area contributed by atoms with Crippen LogP contribution in [-0.4, -0.2) is 5.78 Å². The van der Waals surface area contributed by atoms with Crippen LogP contribution in [0.15, 0.2) is 0 Å². The van der Waals surface area contributed by atoms with Crippen molar-refractivity contribution in [1.82, 2.24) is 0 Å². The van der Waals surface area contributed by atoms with Crippen molar-refractivity contribution in [3.63, 3.8) is 0 Å². The molecule has 12 heavy (non-hydrogen) atoms. The fraction of sp³-hybridized carbons (Fsp3) is 0.818. The molecule has 1 nitrogen and oxygen atoms in total. The van der Waals surface area contributed by atoms with Gasteiger partial charge in [0.2, 0.25) is 0 Å². The van der Waals surface area contributed by atoms with E-state index < -0.39 is 0 Å². The van der Waals surface area contributed by atoms with E-state index >= 15 is 0 Å². The Morgan fingerprint density at radius 2 is 2.08 bits per heavy atom. The SMILES string of the molecule is O=C1CCCC1C1[CH]CCCC1. The molecular weight excluding hydrogens is 148 g/mol. The van der Waals surface area contributed by atoms with Gasteiger partial charge in [-0.3, -0.25) is 4.79 Å². The first-order valence-corrected chi connectivity index (χ1v) is 5.24. The van der Waals surface area contributed by atoms with E-state index in [0.29, 0.717) is 17.6 Å². The van der Waals surface area contributed by atoms with Crippen LogP contribution < -0.4 is 0 Å². The third-order valence-corrected chi connectivity index (χ3v) is 3.33. The summed E-state index contributed by atoms with van der Waals surface area (Å²) in [5.41, 5.74) is 0. The molecule has 2 atom stereocenters. The van der Waals surface area contributed by atoms with E-state index in [4.69, 9.17) is 0 Å². The maximum atomic E-state index is 11.5. The molecule has 1 heteroatoms. The number of ketones is 1. The number of carbonyl (C=O) groups is 1. The molecule has 0 aromatic rings. The highest BCUT2D eigenvalue weighted by molar-refractivity contribution is 5.83. The zero-order chi connectivity index (χ0) is 8.39. The maximum Gasteiger partial charge on any atom is 0.136 e. The van der Waals surface area contributed by atoms with Crippen LogP contribution in [-0.2, 0) is 4.79 Å². The van der Waals surface area contributed by atoms with E-state index in [1.165, 1.54) is 32.1 Å². The predicted molar refractivity (Wildman–Crippen MR) is 48.6 cm³/mol. The third-order valence-electron chi connectivity index (χ3n) is 3.33. The molecule has 0 amide bonds. The fourth-order valence-electron chi connectivity index (χ4n) is 2.64. The van der Waals surface area contributed by atoms with Crippen molar-refractivity contribution in [3.8, 4) is 0 Å². The lowest BCUT2D eigenvalue weighted by molar-refractivity contribution is -0.121. The molecule has 1 radical (unpaired) electrons. The highest BCUT2D eigenvalue weighted by Gasteiger charge is 2.32. The van der Waals surface area contributed by atoms with Crippen molar-refractivity contribution >= 4 is 5.78 Å². The zero-order valence-corrected chi connectivity index (χ0v) is 7.59. The number of Topliss-reactive ketones (excluding diaryl/α,β-unsaturated/α-hetero) is 1. The molecular formula is C11H17O. The van der Waals surface area contributed by atoms with Gasteiger partial charge in [0, 0.05) is 12.3 Å². The second-order valence-corrected chi connectivity index (χ2v) is 4.15. The summed E-state index contributed by atoms with van der Waals surface area (Å²) < 4.78 is 0. The van der Waals surface area contributed by atoms with Gasteiger partial charge in [0.25, 0.3) is 0 Å². The van der Waals surface area contributed by atoms with E-state index in [1.54, 1.807) is 0 Å². The molecule has 0 heterocycles. The standard InChI is InChI=1S/C11H17O/c12-11-8-4-7-10(11)9-5-2-1-3-6-9/h5,9-10H,1-4,6-8H2. The van der Waals surface area contributed by atoms with E-state index in [0.717, 1.165) is 12.8 Å². The molecule has 0 spiro atoms. The van der Waals surface area contributed by atoms with Crippen LogP contribution in [0.3, 0.4) is 0 Å². The predicted octanol–water partition coefficient (Wildman–Crippen LogP) is 2.75. The summed E-state index contributed by atoms with van der Waals surface area (Å²) in [4.78, 5) is 11.5. The Balaban J connectivity index is 1.93. The largest absolute Gasteiger partial charge is 0.299 e. The Morgan fingerprint density at radius 1 is 1.17 bits per heavy atom. The molecule has 2 fully saturated rings. The summed E-state index contributed by atoms with van der Waals surface area (Å²) in [6, 6.07) is 0. The Labute approximate surface area is 74.5 Å². The van der Waals surface area contributed by atoms with Crippen molar-refractivity contribution in [3.05, 3.63) is 6.42 Å².